The fourth-order valence-corrected chi connectivity index (χ4v) is 2.07. The molecule has 0 amide bonds. The molecule has 0 saturated carbocycles. The lowest BCUT2D eigenvalue weighted by molar-refractivity contribution is -0.138. The first kappa shape index (κ1) is 9.24. The average molecular weight is 194 g/mol. The van der Waals surface area contributed by atoms with E-state index in [2.05, 4.69) is 5.10 Å². The Hall–Kier alpha value is -1.32. The van der Waals surface area contributed by atoms with Crippen molar-refractivity contribution in [2.45, 2.75) is 38.6 Å². The molecule has 1 aliphatic carbocycles. The molecule has 14 heavy (non-hydrogen) atoms. The van der Waals surface area contributed by atoms with E-state index in [0.717, 1.165) is 24.1 Å². The highest BCUT2D eigenvalue weighted by Gasteiger charge is 2.32. The minimum Gasteiger partial charge on any atom is -0.481 e. The van der Waals surface area contributed by atoms with Crippen LogP contribution in [0.25, 0.3) is 0 Å². The molecule has 0 aromatic carbocycles. The normalized spacial score (nSPS) is 20.1. The molecule has 2 rings (SSSR count). The van der Waals surface area contributed by atoms with Crippen LogP contribution in [0.1, 0.15) is 43.5 Å². The summed E-state index contributed by atoms with van der Waals surface area (Å²) < 4.78 is 1.83. The van der Waals surface area contributed by atoms with E-state index in [9.17, 15) is 4.79 Å². The lowest BCUT2D eigenvalue weighted by atomic mass is 10.1. The van der Waals surface area contributed by atoms with Crippen LogP contribution in [0.15, 0.2) is 6.20 Å². The standard InChI is InChI=1S/C10H14N2O2/c1-6(2)12-9-7(5-11-12)3-4-8(9)10(13)14/h5-6,8H,3-4H2,1-2H3,(H,13,14)/t8-/m1/s1. The summed E-state index contributed by atoms with van der Waals surface area (Å²) in [6, 6.07) is 0.235. The highest BCUT2D eigenvalue weighted by atomic mass is 16.4. The van der Waals surface area contributed by atoms with Crippen molar-refractivity contribution >= 4 is 5.97 Å². The molecular weight excluding hydrogens is 180 g/mol. The molecule has 1 atom stereocenters. The summed E-state index contributed by atoms with van der Waals surface area (Å²) in [6.07, 6.45) is 3.37. The maximum atomic E-state index is 11.0. The van der Waals surface area contributed by atoms with Gasteiger partial charge in [-0.1, -0.05) is 0 Å². The van der Waals surface area contributed by atoms with E-state index < -0.39 is 5.97 Å². The summed E-state index contributed by atoms with van der Waals surface area (Å²) in [5, 5.41) is 13.3. The Kier molecular flexibility index (Phi) is 2.06. The van der Waals surface area contributed by atoms with E-state index in [1.165, 1.54) is 0 Å². The first-order chi connectivity index (χ1) is 6.61. The molecular formula is C10H14N2O2. The van der Waals surface area contributed by atoms with Crippen LogP contribution in [0.3, 0.4) is 0 Å². The van der Waals surface area contributed by atoms with Gasteiger partial charge in [-0.15, -0.1) is 0 Å². The monoisotopic (exact) mass is 194 g/mol. The molecule has 0 radical (unpaired) electrons. The first-order valence-corrected chi connectivity index (χ1v) is 4.90. The van der Waals surface area contributed by atoms with Crippen LogP contribution >= 0.6 is 0 Å². The van der Waals surface area contributed by atoms with Crippen molar-refractivity contribution in [3.63, 3.8) is 0 Å². The molecule has 1 aromatic heterocycles. The number of hydrogen-bond donors (Lipinski definition) is 1. The molecule has 0 unspecified atom stereocenters. The van der Waals surface area contributed by atoms with Gasteiger partial charge in [0.25, 0.3) is 0 Å². The summed E-state index contributed by atoms with van der Waals surface area (Å²) in [4.78, 5) is 11.0. The summed E-state index contributed by atoms with van der Waals surface area (Å²) in [7, 11) is 0. The second kappa shape index (κ2) is 3.12. The predicted octanol–water partition coefficient (Wildman–Crippen LogP) is 1.58. The zero-order valence-electron chi connectivity index (χ0n) is 8.40. The van der Waals surface area contributed by atoms with Crippen molar-refractivity contribution in [3.05, 3.63) is 17.5 Å². The first-order valence-electron chi connectivity index (χ1n) is 4.90. The Morgan fingerprint density at radius 2 is 2.43 bits per heavy atom. The van der Waals surface area contributed by atoms with Crippen LogP contribution in [0.5, 0.6) is 0 Å². The van der Waals surface area contributed by atoms with Crippen LogP contribution in [-0.4, -0.2) is 20.9 Å². The summed E-state index contributed by atoms with van der Waals surface area (Å²) in [6.45, 7) is 4.04. The molecule has 1 heterocycles. The number of nitrogens with zero attached hydrogens (tertiary/aromatic N) is 2. The molecule has 0 bridgehead atoms. The molecule has 0 saturated heterocycles. The molecule has 1 aliphatic rings. The minimum atomic E-state index is -0.730. The summed E-state index contributed by atoms with van der Waals surface area (Å²) in [5.74, 6) is -1.08. The Bertz CT molecular complexity index is 368. The van der Waals surface area contributed by atoms with Crippen molar-refractivity contribution in [2.75, 3.05) is 0 Å². The lowest BCUT2D eigenvalue weighted by Gasteiger charge is -2.13. The zero-order valence-corrected chi connectivity index (χ0v) is 8.40. The molecule has 76 valence electrons. The van der Waals surface area contributed by atoms with E-state index in [0.29, 0.717) is 0 Å². The van der Waals surface area contributed by atoms with E-state index in [4.69, 9.17) is 5.11 Å². The number of aliphatic carboxylic acids is 1. The summed E-state index contributed by atoms with van der Waals surface area (Å²) >= 11 is 0. The number of fused-ring (bicyclic) bond motifs is 1. The fourth-order valence-electron chi connectivity index (χ4n) is 2.07. The van der Waals surface area contributed by atoms with Gasteiger partial charge in [0.2, 0.25) is 0 Å². The number of aromatic nitrogens is 2. The van der Waals surface area contributed by atoms with Crippen LogP contribution in [0.4, 0.5) is 0 Å². The van der Waals surface area contributed by atoms with Crippen LogP contribution in [0, 0.1) is 0 Å². The molecule has 4 nitrogen and oxygen atoms in total. The van der Waals surface area contributed by atoms with Gasteiger partial charge < -0.3 is 5.11 Å². The Balaban J connectivity index is 2.45. The maximum Gasteiger partial charge on any atom is 0.312 e. The van der Waals surface area contributed by atoms with Crippen molar-refractivity contribution in [2.24, 2.45) is 0 Å². The van der Waals surface area contributed by atoms with E-state index >= 15 is 0 Å². The van der Waals surface area contributed by atoms with Gasteiger partial charge in [-0.2, -0.15) is 5.10 Å². The second-order valence-corrected chi connectivity index (χ2v) is 4.02. The third-order valence-electron chi connectivity index (χ3n) is 2.73. The van der Waals surface area contributed by atoms with Gasteiger partial charge in [0.05, 0.1) is 17.8 Å². The van der Waals surface area contributed by atoms with Gasteiger partial charge in [-0.25, -0.2) is 0 Å². The Morgan fingerprint density at radius 1 is 1.71 bits per heavy atom. The lowest BCUT2D eigenvalue weighted by Crippen LogP contribution is -2.15. The average Bonchev–Trinajstić information content (AvgIpc) is 2.59. The number of carboxylic acids is 1. The van der Waals surface area contributed by atoms with Crippen molar-refractivity contribution in [1.82, 2.24) is 9.78 Å². The van der Waals surface area contributed by atoms with Crippen molar-refractivity contribution < 1.29 is 9.90 Å². The molecule has 0 spiro atoms. The predicted molar refractivity (Wildman–Crippen MR) is 51.3 cm³/mol. The highest BCUT2D eigenvalue weighted by Crippen LogP contribution is 2.34. The van der Waals surface area contributed by atoms with E-state index in [1.807, 2.05) is 18.5 Å². The molecule has 4 heteroatoms. The molecule has 0 aliphatic heterocycles. The molecule has 0 fully saturated rings. The van der Waals surface area contributed by atoms with Gasteiger partial charge in [-0.05, 0) is 32.3 Å². The van der Waals surface area contributed by atoms with Crippen LogP contribution in [0.2, 0.25) is 0 Å². The quantitative estimate of drug-likeness (QED) is 0.777. The SMILES string of the molecule is CC(C)n1ncc2c1[C@H](C(=O)O)CC2. The smallest absolute Gasteiger partial charge is 0.312 e. The number of rotatable bonds is 2. The van der Waals surface area contributed by atoms with Crippen LogP contribution in [-0.2, 0) is 11.2 Å². The Labute approximate surface area is 82.5 Å². The number of carbonyl (C=O) groups is 1. The van der Waals surface area contributed by atoms with E-state index in [1.54, 1.807) is 6.20 Å². The van der Waals surface area contributed by atoms with Gasteiger partial charge in [0, 0.05) is 6.04 Å². The molecule has 1 N–H and O–H groups in total. The fraction of sp³-hybridized carbons (Fsp3) is 0.600. The third kappa shape index (κ3) is 1.22. The Morgan fingerprint density at radius 3 is 3.00 bits per heavy atom. The van der Waals surface area contributed by atoms with Gasteiger partial charge in [0.15, 0.2) is 0 Å². The number of carboxylic acid groups (broad SMARTS) is 1. The van der Waals surface area contributed by atoms with E-state index in [-0.39, 0.29) is 12.0 Å². The summed E-state index contributed by atoms with van der Waals surface area (Å²) in [5.41, 5.74) is 2.01. The van der Waals surface area contributed by atoms with Crippen molar-refractivity contribution in [1.29, 1.82) is 0 Å². The van der Waals surface area contributed by atoms with Gasteiger partial charge in [0.1, 0.15) is 0 Å². The third-order valence-corrected chi connectivity index (χ3v) is 2.73. The molecule has 1 aromatic rings. The van der Waals surface area contributed by atoms with Crippen molar-refractivity contribution in [3.8, 4) is 0 Å². The topological polar surface area (TPSA) is 55.1 Å². The second-order valence-electron chi connectivity index (χ2n) is 4.02. The number of hydrogen-bond acceptors (Lipinski definition) is 2. The van der Waals surface area contributed by atoms with Gasteiger partial charge in [-0.3, -0.25) is 9.48 Å². The van der Waals surface area contributed by atoms with Crippen LogP contribution < -0.4 is 0 Å². The minimum absolute atomic E-state index is 0.235. The van der Waals surface area contributed by atoms with Gasteiger partial charge >= 0.3 is 5.97 Å². The highest BCUT2D eigenvalue weighted by molar-refractivity contribution is 5.77. The number of aryl methyl sites for hydroxylation is 1. The largest absolute Gasteiger partial charge is 0.481 e. The maximum absolute atomic E-state index is 11.0. The zero-order chi connectivity index (χ0) is 10.3.